The standard InChI is InChI=1S/C27H31NO4S/c1-5-6-7-23-10-12-24(13-11-23)28(33(30,31)26-14-8-20(2)9-15-26)27(29)19-32-25-17-21(3)16-22(4)18-25/h8-18H,5-7,19H2,1-4H3. The van der Waals surface area contributed by atoms with Gasteiger partial charge in [-0.25, -0.2) is 8.42 Å². The summed E-state index contributed by atoms with van der Waals surface area (Å²) in [4.78, 5) is 13.3. The molecule has 0 aliphatic rings. The van der Waals surface area contributed by atoms with Crippen LogP contribution in [0.2, 0.25) is 0 Å². The maximum Gasteiger partial charge on any atom is 0.278 e. The first kappa shape index (κ1) is 24.5. The molecule has 0 heterocycles. The zero-order chi connectivity index (χ0) is 24.0. The van der Waals surface area contributed by atoms with Gasteiger partial charge < -0.3 is 4.74 Å². The van der Waals surface area contributed by atoms with E-state index in [0.29, 0.717) is 11.4 Å². The van der Waals surface area contributed by atoms with E-state index in [0.717, 1.165) is 45.8 Å². The van der Waals surface area contributed by atoms with Crippen molar-refractivity contribution in [3.05, 3.63) is 89.0 Å². The number of rotatable bonds is 9. The van der Waals surface area contributed by atoms with E-state index in [2.05, 4.69) is 6.92 Å². The smallest absolute Gasteiger partial charge is 0.278 e. The number of ether oxygens (including phenoxy) is 1. The van der Waals surface area contributed by atoms with E-state index in [1.54, 1.807) is 24.3 Å². The minimum absolute atomic E-state index is 0.0582. The molecular weight excluding hydrogens is 434 g/mol. The van der Waals surface area contributed by atoms with Crippen LogP contribution in [-0.2, 0) is 21.2 Å². The Bertz CT molecular complexity index is 1180. The number of anilines is 1. The number of amides is 1. The average Bonchev–Trinajstić information content (AvgIpc) is 2.77. The van der Waals surface area contributed by atoms with Crippen LogP contribution in [0.4, 0.5) is 5.69 Å². The van der Waals surface area contributed by atoms with Crippen LogP contribution in [0.5, 0.6) is 5.75 Å². The summed E-state index contributed by atoms with van der Waals surface area (Å²) in [5.41, 5.74) is 4.34. The third-order valence-corrected chi connectivity index (χ3v) is 7.10. The highest BCUT2D eigenvalue weighted by Crippen LogP contribution is 2.26. The van der Waals surface area contributed by atoms with Crippen molar-refractivity contribution in [3.63, 3.8) is 0 Å². The number of aryl methyl sites for hydroxylation is 4. The van der Waals surface area contributed by atoms with E-state index >= 15 is 0 Å². The second kappa shape index (κ2) is 10.7. The molecule has 5 nitrogen and oxygen atoms in total. The largest absolute Gasteiger partial charge is 0.484 e. The van der Waals surface area contributed by atoms with E-state index in [4.69, 9.17) is 4.74 Å². The third kappa shape index (κ3) is 6.23. The molecule has 174 valence electrons. The van der Waals surface area contributed by atoms with Gasteiger partial charge in [-0.1, -0.05) is 49.2 Å². The van der Waals surface area contributed by atoms with Gasteiger partial charge in [-0.05, 0) is 86.7 Å². The summed E-state index contributed by atoms with van der Waals surface area (Å²) in [6, 6.07) is 19.2. The molecule has 0 aliphatic heterocycles. The van der Waals surface area contributed by atoms with Crippen LogP contribution in [0.3, 0.4) is 0 Å². The number of carbonyl (C=O) groups excluding carboxylic acids is 1. The van der Waals surface area contributed by atoms with Crippen LogP contribution in [0.25, 0.3) is 0 Å². The van der Waals surface area contributed by atoms with Gasteiger partial charge >= 0.3 is 0 Å². The summed E-state index contributed by atoms with van der Waals surface area (Å²) in [7, 11) is -4.12. The van der Waals surface area contributed by atoms with Crippen molar-refractivity contribution in [1.29, 1.82) is 0 Å². The Morgan fingerprint density at radius 3 is 2.03 bits per heavy atom. The predicted molar refractivity (Wildman–Crippen MR) is 132 cm³/mol. The van der Waals surface area contributed by atoms with Crippen molar-refractivity contribution in [3.8, 4) is 5.75 Å². The van der Waals surface area contributed by atoms with Gasteiger partial charge in [-0.15, -0.1) is 0 Å². The lowest BCUT2D eigenvalue weighted by molar-refractivity contribution is -0.119. The zero-order valence-electron chi connectivity index (χ0n) is 19.7. The molecule has 0 aliphatic carbocycles. The Labute approximate surface area is 197 Å². The molecule has 3 aromatic rings. The number of carbonyl (C=O) groups is 1. The van der Waals surface area contributed by atoms with Crippen molar-refractivity contribution in [2.24, 2.45) is 0 Å². The van der Waals surface area contributed by atoms with Gasteiger partial charge in [0.1, 0.15) is 5.75 Å². The van der Waals surface area contributed by atoms with Crippen LogP contribution < -0.4 is 9.04 Å². The van der Waals surface area contributed by atoms with Gasteiger partial charge in [-0.3, -0.25) is 4.79 Å². The Kier molecular flexibility index (Phi) is 7.92. The molecule has 0 bridgehead atoms. The van der Waals surface area contributed by atoms with Gasteiger partial charge in [0.25, 0.3) is 15.9 Å². The topological polar surface area (TPSA) is 63.7 Å². The van der Waals surface area contributed by atoms with Gasteiger partial charge in [0.15, 0.2) is 6.61 Å². The van der Waals surface area contributed by atoms with E-state index in [9.17, 15) is 13.2 Å². The molecule has 33 heavy (non-hydrogen) atoms. The van der Waals surface area contributed by atoms with Crippen LogP contribution in [0, 0.1) is 20.8 Å². The summed E-state index contributed by atoms with van der Waals surface area (Å²) < 4.78 is 33.6. The number of benzene rings is 3. The third-order valence-electron chi connectivity index (χ3n) is 5.33. The second-order valence-corrected chi connectivity index (χ2v) is 10.1. The summed E-state index contributed by atoms with van der Waals surface area (Å²) >= 11 is 0. The maximum atomic E-state index is 13.5. The number of hydrogen-bond acceptors (Lipinski definition) is 4. The lowest BCUT2D eigenvalue weighted by Crippen LogP contribution is -2.40. The Hall–Kier alpha value is -3.12. The van der Waals surface area contributed by atoms with Gasteiger partial charge in [0, 0.05) is 0 Å². The quantitative estimate of drug-likeness (QED) is 0.403. The van der Waals surface area contributed by atoms with E-state index < -0.39 is 22.5 Å². The molecule has 3 rings (SSSR count). The fourth-order valence-electron chi connectivity index (χ4n) is 3.63. The highest BCUT2D eigenvalue weighted by molar-refractivity contribution is 7.93. The van der Waals surface area contributed by atoms with Crippen molar-refractivity contribution < 1.29 is 17.9 Å². The molecule has 0 aromatic heterocycles. The molecule has 0 N–H and O–H groups in total. The molecular formula is C27H31NO4S. The lowest BCUT2D eigenvalue weighted by atomic mass is 10.1. The van der Waals surface area contributed by atoms with Gasteiger partial charge in [-0.2, -0.15) is 4.31 Å². The summed E-state index contributed by atoms with van der Waals surface area (Å²) in [5.74, 6) is -0.125. The summed E-state index contributed by atoms with van der Waals surface area (Å²) in [5, 5.41) is 0. The van der Waals surface area contributed by atoms with Crippen molar-refractivity contribution in [1.82, 2.24) is 0 Å². The fourth-order valence-corrected chi connectivity index (χ4v) is 5.04. The predicted octanol–water partition coefficient (Wildman–Crippen LogP) is 5.76. The van der Waals surface area contributed by atoms with E-state index in [1.807, 2.05) is 51.1 Å². The molecule has 0 fully saturated rings. The van der Waals surface area contributed by atoms with Gasteiger partial charge in [0.2, 0.25) is 0 Å². The molecule has 0 saturated carbocycles. The van der Waals surface area contributed by atoms with Crippen molar-refractivity contribution in [2.45, 2.75) is 51.9 Å². The fraction of sp³-hybridized carbons (Fsp3) is 0.296. The van der Waals surface area contributed by atoms with Crippen LogP contribution in [0.1, 0.15) is 42.0 Å². The Morgan fingerprint density at radius 2 is 1.45 bits per heavy atom. The average molecular weight is 466 g/mol. The number of nitrogens with zero attached hydrogens (tertiary/aromatic N) is 1. The molecule has 0 saturated heterocycles. The molecule has 1 amide bonds. The van der Waals surface area contributed by atoms with E-state index in [1.165, 1.54) is 12.1 Å². The first-order chi connectivity index (χ1) is 15.7. The van der Waals surface area contributed by atoms with Crippen LogP contribution >= 0.6 is 0 Å². The number of hydrogen-bond donors (Lipinski definition) is 0. The molecule has 0 radical (unpaired) electrons. The highest BCUT2D eigenvalue weighted by atomic mass is 32.2. The maximum absolute atomic E-state index is 13.5. The minimum Gasteiger partial charge on any atom is -0.484 e. The first-order valence-electron chi connectivity index (χ1n) is 11.2. The number of unbranched alkanes of at least 4 members (excludes halogenated alkanes) is 1. The molecule has 6 heteroatoms. The Morgan fingerprint density at radius 1 is 0.848 bits per heavy atom. The molecule has 0 atom stereocenters. The molecule has 0 unspecified atom stereocenters. The normalized spacial score (nSPS) is 11.3. The SMILES string of the molecule is CCCCc1ccc(N(C(=O)COc2cc(C)cc(C)c2)S(=O)(=O)c2ccc(C)cc2)cc1. The minimum atomic E-state index is -4.12. The van der Waals surface area contributed by atoms with Crippen molar-refractivity contribution >= 4 is 21.6 Å². The zero-order valence-corrected chi connectivity index (χ0v) is 20.5. The first-order valence-corrected chi connectivity index (χ1v) is 12.6. The van der Waals surface area contributed by atoms with Gasteiger partial charge in [0.05, 0.1) is 10.6 Å². The van der Waals surface area contributed by atoms with Crippen molar-refractivity contribution in [2.75, 3.05) is 10.9 Å². The lowest BCUT2D eigenvalue weighted by Gasteiger charge is -2.23. The summed E-state index contributed by atoms with van der Waals surface area (Å²) in [6.45, 7) is 7.49. The van der Waals surface area contributed by atoms with E-state index in [-0.39, 0.29) is 4.90 Å². The number of sulfonamides is 1. The van der Waals surface area contributed by atoms with Crippen LogP contribution in [-0.4, -0.2) is 20.9 Å². The second-order valence-electron chi connectivity index (χ2n) is 8.36. The highest BCUT2D eigenvalue weighted by Gasteiger charge is 2.31. The Balaban J connectivity index is 1.93. The van der Waals surface area contributed by atoms with Crippen LogP contribution in [0.15, 0.2) is 71.6 Å². The molecule has 3 aromatic carbocycles. The monoisotopic (exact) mass is 465 g/mol. The molecule has 0 spiro atoms. The summed E-state index contributed by atoms with van der Waals surface area (Å²) in [6.07, 6.45) is 3.03.